The van der Waals surface area contributed by atoms with Gasteiger partial charge in [0, 0.05) is 16.3 Å². The first-order valence-electron chi connectivity index (χ1n) is 6.04. The fourth-order valence-corrected chi connectivity index (χ4v) is 2.94. The number of aromatic nitrogens is 4. The molecule has 2 aromatic heterocycles. The molecule has 6 heteroatoms. The van der Waals surface area contributed by atoms with E-state index in [1.54, 1.807) is 0 Å². The molecule has 0 unspecified atom stereocenters. The zero-order valence-corrected chi connectivity index (χ0v) is 13.6. The van der Waals surface area contributed by atoms with E-state index in [2.05, 4.69) is 63.9 Å². The summed E-state index contributed by atoms with van der Waals surface area (Å²) in [4.78, 5) is 3.27. The Balaban J connectivity index is 2.34. The van der Waals surface area contributed by atoms with Crippen LogP contribution in [-0.2, 0) is 13.5 Å². The van der Waals surface area contributed by atoms with Crippen LogP contribution in [-0.4, -0.2) is 19.3 Å². The normalized spacial score (nSPS) is 11.3. The monoisotopic (exact) mass is 384 g/mol. The summed E-state index contributed by atoms with van der Waals surface area (Å²) in [5, 5.41) is 4.53. The van der Waals surface area contributed by atoms with Crippen LogP contribution >= 0.6 is 34.8 Å². The van der Waals surface area contributed by atoms with Gasteiger partial charge in [0.05, 0.1) is 5.69 Å². The lowest BCUT2D eigenvalue weighted by Gasteiger charge is -2.04. The minimum Gasteiger partial charge on any atom is -0.327 e. The SMILES string of the molecule is CCc1nn(C)c2c1[nH]c(=S)n2-c1ccc(I)cc1. The molecule has 98 valence electrons. The summed E-state index contributed by atoms with van der Waals surface area (Å²) in [5.41, 5.74) is 4.16. The molecule has 0 aliphatic heterocycles. The van der Waals surface area contributed by atoms with Gasteiger partial charge in [-0.15, -0.1) is 0 Å². The minimum absolute atomic E-state index is 0.707. The Labute approximate surface area is 129 Å². The van der Waals surface area contributed by atoms with E-state index in [9.17, 15) is 0 Å². The number of aromatic amines is 1. The molecule has 0 fully saturated rings. The predicted molar refractivity (Wildman–Crippen MR) is 87.3 cm³/mol. The van der Waals surface area contributed by atoms with Crippen molar-refractivity contribution in [1.29, 1.82) is 0 Å². The lowest BCUT2D eigenvalue weighted by atomic mass is 10.3. The minimum atomic E-state index is 0.707. The molecule has 3 aromatic rings. The van der Waals surface area contributed by atoms with Crippen LogP contribution in [0.25, 0.3) is 16.9 Å². The number of H-pyrrole nitrogens is 1. The van der Waals surface area contributed by atoms with E-state index in [-0.39, 0.29) is 0 Å². The van der Waals surface area contributed by atoms with Crippen LogP contribution in [0.4, 0.5) is 0 Å². The molecule has 0 atom stereocenters. The second-order valence-electron chi connectivity index (χ2n) is 4.36. The number of hydrogen-bond donors (Lipinski definition) is 1. The van der Waals surface area contributed by atoms with Crippen molar-refractivity contribution in [3.8, 4) is 5.69 Å². The van der Waals surface area contributed by atoms with Gasteiger partial charge in [0.2, 0.25) is 0 Å². The molecule has 4 nitrogen and oxygen atoms in total. The summed E-state index contributed by atoms with van der Waals surface area (Å²) < 4.78 is 5.84. The number of halogens is 1. The largest absolute Gasteiger partial charge is 0.327 e. The van der Waals surface area contributed by atoms with E-state index >= 15 is 0 Å². The van der Waals surface area contributed by atoms with Crippen molar-refractivity contribution in [2.45, 2.75) is 13.3 Å². The van der Waals surface area contributed by atoms with Crippen LogP contribution in [0.1, 0.15) is 12.6 Å². The van der Waals surface area contributed by atoms with Gasteiger partial charge in [-0.05, 0) is 65.5 Å². The number of hydrogen-bond acceptors (Lipinski definition) is 2. The molecule has 0 bridgehead atoms. The fourth-order valence-electron chi connectivity index (χ4n) is 2.29. The van der Waals surface area contributed by atoms with E-state index in [1.807, 2.05) is 16.3 Å². The molecule has 0 saturated carbocycles. The second-order valence-corrected chi connectivity index (χ2v) is 6.00. The maximum atomic E-state index is 5.45. The van der Waals surface area contributed by atoms with E-state index in [1.165, 1.54) is 3.57 Å². The Morgan fingerprint density at radius 1 is 1.32 bits per heavy atom. The van der Waals surface area contributed by atoms with Gasteiger partial charge < -0.3 is 4.98 Å². The van der Waals surface area contributed by atoms with Gasteiger partial charge in [-0.1, -0.05) is 6.92 Å². The summed E-state index contributed by atoms with van der Waals surface area (Å²) in [5.74, 6) is 0. The van der Waals surface area contributed by atoms with E-state index < -0.39 is 0 Å². The number of nitrogens with zero attached hydrogens (tertiary/aromatic N) is 3. The van der Waals surface area contributed by atoms with Gasteiger partial charge in [-0.2, -0.15) is 5.10 Å². The Bertz CT molecular complexity index is 795. The lowest BCUT2D eigenvalue weighted by molar-refractivity contribution is 0.748. The van der Waals surface area contributed by atoms with Crippen molar-refractivity contribution >= 4 is 46.0 Å². The number of imidazole rings is 1. The van der Waals surface area contributed by atoms with Gasteiger partial charge in [0.25, 0.3) is 0 Å². The third kappa shape index (κ3) is 2.02. The van der Waals surface area contributed by atoms with Gasteiger partial charge >= 0.3 is 0 Å². The van der Waals surface area contributed by atoms with Crippen LogP contribution in [0.3, 0.4) is 0 Å². The zero-order valence-electron chi connectivity index (χ0n) is 10.6. The third-order valence-electron chi connectivity index (χ3n) is 3.16. The summed E-state index contributed by atoms with van der Waals surface area (Å²) in [6.45, 7) is 2.10. The molecule has 0 aliphatic carbocycles. The van der Waals surface area contributed by atoms with Crippen molar-refractivity contribution in [2.75, 3.05) is 0 Å². The van der Waals surface area contributed by atoms with Crippen molar-refractivity contribution in [3.05, 3.63) is 38.3 Å². The van der Waals surface area contributed by atoms with Gasteiger partial charge in [0.15, 0.2) is 10.4 Å². The van der Waals surface area contributed by atoms with Crippen molar-refractivity contribution < 1.29 is 0 Å². The predicted octanol–water partition coefficient (Wildman–Crippen LogP) is 3.59. The Kier molecular flexibility index (Phi) is 3.22. The van der Waals surface area contributed by atoms with Crippen LogP contribution in [0, 0.1) is 8.34 Å². The first kappa shape index (κ1) is 12.9. The third-order valence-corrected chi connectivity index (χ3v) is 4.16. The maximum absolute atomic E-state index is 5.45. The van der Waals surface area contributed by atoms with Crippen LogP contribution < -0.4 is 0 Å². The van der Waals surface area contributed by atoms with Gasteiger partial charge in [-0.3, -0.25) is 4.57 Å². The van der Waals surface area contributed by atoms with Crippen LogP contribution in [0.2, 0.25) is 0 Å². The standard InChI is InChI=1S/C13H13IN4S/c1-3-10-11-12(17(2)16-10)18(13(19)15-11)9-6-4-8(14)5-7-9/h4-7H,3H2,1-2H3,(H,15,19). The zero-order chi connectivity index (χ0) is 13.6. The molecule has 0 spiro atoms. The number of aryl methyl sites for hydroxylation is 2. The van der Waals surface area contributed by atoms with Crippen molar-refractivity contribution in [3.63, 3.8) is 0 Å². The molecule has 1 N–H and O–H groups in total. The molecular formula is C13H13IN4S. The molecule has 0 aliphatic rings. The number of rotatable bonds is 2. The molecule has 0 saturated heterocycles. The number of benzene rings is 1. The molecule has 0 amide bonds. The summed E-state index contributed by atoms with van der Waals surface area (Å²) in [6, 6.07) is 8.30. The molecule has 1 aromatic carbocycles. The van der Waals surface area contributed by atoms with E-state index in [0.29, 0.717) is 4.77 Å². The smallest absolute Gasteiger partial charge is 0.184 e. The van der Waals surface area contributed by atoms with Gasteiger partial charge in [-0.25, -0.2) is 4.68 Å². The van der Waals surface area contributed by atoms with Crippen molar-refractivity contribution in [2.24, 2.45) is 7.05 Å². The fraction of sp³-hybridized carbons (Fsp3) is 0.231. The molecule has 3 rings (SSSR count). The van der Waals surface area contributed by atoms with E-state index in [4.69, 9.17) is 12.2 Å². The Morgan fingerprint density at radius 3 is 2.63 bits per heavy atom. The van der Waals surface area contributed by atoms with Crippen LogP contribution in [0.15, 0.2) is 24.3 Å². The maximum Gasteiger partial charge on any atom is 0.184 e. The summed E-state index contributed by atoms with van der Waals surface area (Å²) in [7, 11) is 1.95. The van der Waals surface area contributed by atoms with Crippen molar-refractivity contribution in [1.82, 2.24) is 19.3 Å². The van der Waals surface area contributed by atoms with Crippen LogP contribution in [0.5, 0.6) is 0 Å². The highest BCUT2D eigenvalue weighted by atomic mass is 127. The molecular weight excluding hydrogens is 371 g/mol. The average Bonchev–Trinajstić information content (AvgIpc) is 2.88. The molecule has 19 heavy (non-hydrogen) atoms. The average molecular weight is 384 g/mol. The molecule has 0 radical (unpaired) electrons. The Hall–Kier alpha value is -1.15. The topological polar surface area (TPSA) is 38.5 Å². The summed E-state index contributed by atoms with van der Waals surface area (Å²) in [6.07, 6.45) is 0.888. The highest BCUT2D eigenvalue weighted by Crippen LogP contribution is 2.22. The highest BCUT2D eigenvalue weighted by molar-refractivity contribution is 14.1. The first-order chi connectivity index (χ1) is 9.11. The second kappa shape index (κ2) is 4.75. The number of nitrogens with one attached hydrogen (secondary N) is 1. The quantitative estimate of drug-likeness (QED) is 0.542. The first-order valence-corrected chi connectivity index (χ1v) is 7.53. The highest BCUT2D eigenvalue weighted by Gasteiger charge is 2.15. The van der Waals surface area contributed by atoms with Gasteiger partial charge in [0.1, 0.15) is 5.52 Å². The lowest BCUT2D eigenvalue weighted by Crippen LogP contribution is -2.00. The Morgan fingerprint density at radius 2 is 2.00 bits per heavy atom. The molecule has 2 heterocycles. The summed E-state index contributed by atoms with van der Waals surface area (Å²) >= 11 is 7.75. The number of fused-ring (bicyclic) bond motifs is 1. The van der Waals surface area contributed by atoms with E-state index in [0.717, 1.165) is 29.0 Å².